The fourth-order valence-electron chi connectivity index (χ4n) is 1.43. The maximum absolute atomic E-state index is 8.82. The summed E-state index contributed by atoms with van der Waals surface area (Å²) in [6.45, 7) is 2.00. The lowest BCUT2D eigenvalue weighted by Crippen LogP contribution is -1.99. The van der Waals surface area contributed by atoms with E-state index in [9.17, 15) is 0 Å². The van der Waals surface area contributed by atoms with Crippen molar-refractivity contribution in [3.63, 3.8) is 0 Å². The fraction of sp³-hybridized carbons (Fsp3) is 0.0909. The van der Waals surface area contributed by atoms with Gasteiger partial charge >= 0.3 is 0 Å². The van der Waals surface area contributed by atoms with Crippen LogP contribution in [0.25, 0.3) is 5.69 Å². The predicted molar refractivity (Wildman–Crippen MR) is 83.5 cm³/mol. The molecule has 0 saturated heterocycles. The monoisotopic (exact) mass is 469 g/mol. The number of rotatable bonds is 1. The van der Waals surface area contributed by atoms with Gasteiger partial charge in [0, 0.05) is 0 Å². The molecule has 0 N–H and O–H groups in total. The number of hydrogen-bond acceptors (Lipinski definition) is 2. The Labute approximate surface area is 131 Å². The van der Waals surface area contributed by atoms with Crippen LogP contribution in [0.1, 0.15) is 11.3 Å². The van der Waals surface area contributed by atoms with Crippen LogP contribution in [0.3, 0.4) is 0 Å². The first-order valence-corrected chi connectivity index (χ1v) is 7.18. The first-order chi connectivity index (χ1) is 8.04. The topological polar surface area (TPSA) is 41.6 Å². The molecular weight excluding hydrogens is 463 g/mol. The zero-order valence-corrected chi connectivity index (χ0v) is 13.8. The van der Waals surface area contributed by atoms with Gasteiger partial charge < -0.3 is 0 Å². The average Bonchev–Trinajstić information content (AvgIpc) is 2.57. The van der Waals surface area contributed by atoms with E-state index in [0.717, 1.165) is 18.7 Å². The minimum Gasteiger partial charge on any atom is -0.236 e. The summed E-state index contributed by atoms with van der Waals surface area (Å²) in [7, 11) is 0. The maximum Gasteiger partial charge on any atom is 0.137 e. The minimum absolute atomic E-state index is 0.449. The molecule has 0 aliphatic carbocycles. The minimum atomic E-state index is 0.449. The summed E-state index contributed by atoms with van der Waals surface area (Å²) < 4.78 is 3.92. The standard InChI is InChI=1S/C11H6ClI2N3/c1-6-10(13)11(14)16-17(6)8-3-2-7(5-15)9(12)4-8/h2-4H,1H3. The van der Waals surface area contributed by atoms with Crippen LogP contribution in [0.2, 0.25) is 5.02 Å². The Kier molecular flexibility index (Phi) is 3.95. The van der Waals surface area contributed by atoms with E-state index in [1.165, 1.54) is 0 Å². The number of benzene rings is 1. The van der Waals surface area contributed by atoms with Gasteiger partial charge in [0.15, 0.2) is 0 Å². The molecule has 0 aliphatic rings. The first kappa shape index (κ1) is 13.1. The molecule has 0 atom stereocenters. The van der Waals surface area contributed by atoms with Crippen molar-refractivity contribution in [1.82, 2.24) is 9.78 Å². The van der Waals surface area contributed by atoms with E-state index in [2.05, 4.69) is 50.3 Å². The van der Waals surface area contributed by atoms with Gasteiger partial charge in [-0.25, -0.2) is 4.68 Å². The highest BCUT2D eigenvalue weighted by Gasteiger charge is 2.12. The Morgan fingerprint density at radius 2 is 2.12 bits per heavy atom. The SMILES string of the molecule is Cc1c(I)c(I)nn1-c1ccc(C#N)c(Cl)c1. The first-order valence-electron chi connectivity index (χ1n) is 4.65. The van der Waals surface area contributed by atoms with Crippen molar-refractivity contribution < 1.29 is 0 Å². The largest absolute Gasteiger partial charge is 0.236 e. The lowest BCUT2D eigenvalue weighted by atomic mass is 10.2. The predicted octanol–water partition coefficient (Wildman–Crippen LogP) is 3.92. The molecule has 0 aliphatic heterocycles. The Morgan fingerprint density at radius 1 is 1.41 bits per heavy atom. The summed E-state index contributed by atoms with van der Waals surface area (Å²) in [4.78, 5) is 0. The van der Waals surface area contributed by atoms with Crippen molar-refractivity contribution in [3.8, 4) is 11.8 Å². The van der Waals surface area contributed by atoms with Crippen molar-refractivity contribution in [1.29, 1.82) is 5.26 Å². The Morgan fingerprint density at radius 3 is 2.59 bits per heavy atom. The van der Waals surface area contributed by atoms with Crippen LogP contribution >= 0.6 is 56.8 Å². The van der Waals surface area contributed by atoms with Crippen molar-refractivity contribution in [2.45, 2.75) is 6.92 Å². The van der Waals surface area contributed by atoms with E-state index >= 15 is 0 Å². The van der Waals surface area contributed by atoms with Gasteiger partial charge in [0.05, 0.1) is 25.5 Å². The molecule has 0 saturated carbocycles. The third-order valence-corrected chi connectivity index (χ3v) is 5.71. The number of aromatic nitrogens is 2. The molecule has 2 rings (SSSR count). The second-order valence-electron chi connectivity index (χ2n) is 3.38. The maximum atomic E-state index is 8.82. The van der Waals surface area contributed by atoms with Crippen molar-refractivity contribution in [2.24, 2.45) is 0 Å². The molecule has 86 valence electrons. The van der Waals surface area contributed by atoms with Gasteiger partial charge in [-0.3, -0.25) is 0 Å². The van der Waals surface area contributed by atoms with E-state index < -0.39 is 0 Å². The van der Waals surface area contributed by atoms with Gasteiger partial charge in [0.1, 0.15) is 9.77 Å². The van der Waals surface area contributed by atoms with Crippen LogP contribution in [0.15, 0.2) is 18.2 Å². The molecule has 1 heterocycles. The molecule has 0 spiro atoms. The zero-order chi connectivity index (χ0) is 12.6. The second kappa shape index (κ2) is 5.12. The quantitative estimate of drug-likeness (QED) is 0.595. The third kappa shape index (κ3) is 2.44. The van der Waals surface area contributed by atoms with Crippen LogP contribution in [-0.4, -0.2) is 9.78 Å². The van der Waals surface area contributed by atoms with Crippen molar-refractivity contribution in [3.05, 3.63) is 41.7 Å². The van der Waals surface area contributed by atoms with E-state index in [-0.39, 0.29) is 0 Å². The van der Waals surface area contributed by atoms with Crippen molar-refractivity contribution >= 4 is 56.8 Å². The van der Waals surface area contributed by atoms with E-state index in [0.29, 0.717) is 10.6 Å². The number of nitriles is 1. The van der Waals surface area contributed by atoms with Gasteiger partial charge in [-0.1, -0.05) is 11.6 Å². The summed E-state index contributed by atoms with van der Waals surface area (Å²) in [6.07, 6.45) is 0. The molecule has 0 fully saturated rings. The van der Waals surface area contributed by atoms with Gasteiger partial charge in [-0.2, -0.15) is 10.4 Å². The number of halogens is 3. The number of hydrogen-bond donors (Lipinski definition) is 0. The molecule has 6 heteroatoms. The summed E-state index contributed by atoms with van der Waals surface area (Å²) in [5.74, 6) is 0. The Bertz CT molecular complexity index is 628. The van der Waals surface area contributed by atoms with Gasteiger partial charge in [-0.05, 0) is 70.3 Å². The Balaban J connectivity index is 2.58. The van der Waals surface area contributed by atoms with Crippen LogP contribution < -0.4 is 0 Å². The normalized spacial score (nSPS) is 10.3. The van der Waals surface area contributed by atoms with Gasteiger partial charge in [0.2, 0.25) is 0 Å². The summed E-state index contributed by atoms with van der Waals surface area (Å²) >= 11 is 10.5. The van der Waals surface area contributed by atoms with E-state index in [1.54, 1.807) is 12.1 Å². The Hall–Kier alpha value is -0.330. The zero-order valence-electron chi connectivity index (χ0n) is 8.71. The fourth-order valence-corrected chi connectivity index (χ4v) is 2.59. The average molecular weight is 469 g/mol. The van der Waals surface area contributed by atoms with Gasteiger partial charge in [0.25, 0.3) is 0 Å². The molecule has 3 nitrogen and oxygen atoms in total. The molecule has 1 aromatic carbocycles. The molecule has 0 amide bonds. The third-order valence-electron chi connectivity index (χ3n) is 2.32. The molecule has 2 aromatic rings. The summed E-state index contributed by atoms with van der Waals surface area (Å²) in [5, 5.41) is 13.7. The number of nitrogens with zero attached hydrogens (tertiary/aromatic N) is 3. The molecular formula is C11H6ClI2N3. The summed E-state index contributed by atoms with van der Waals surface area (Å²) in [6, 6.07) is 7.35. The van der Waals surface area contributed by atoms with Crippen LogP contribution in [0, 0.1) is 25.5 Å². The smallest absolute Gasteiger partial charge is 0.137 e. The summed E-state index contributed by atoms with van der Waals surface area (Å²) in [5.41, 5.74) is 2.41. The van der Waals surface area contributed by atoms with Crippen LogP contribution in [-0.2, 0) is 0 Å². The molecule has 1 aromatic heterocycles. The van der Waals surface area contributed by atoms with E-state index in [4.69, 9.17) is 16.9 Å². The van der Waals surface area contributed by atoms with E-state index in [1.807, 2.05) is 23.7 Å². The molecule has 17 heavy (non-hydrogen) atoms. The lowest BCUT2D eigenvalue weighted by molar-refractivity contribution is 0.838. The highest BCUT2D eigenvalue weighted by Crippen LogP contribution is 2.24. The molecule has 0 radical (unpaired) electrons. The highest BCUT2D eigenvalue weighted by atomic mass is 127. The second-order valence-corrected chi connectivity index (χ2v) is 5.89. The molecule has 0 unspecified atom stereocenters. The van der Waals surface area contributed by atoms with Gasteiger partial charge in [-0.15, -0.1) is 0 Å². The lowest BCUT2D eigenvalue weighted by Gasteiger charge is -2.05. The van der Waals surface area contributed by atoms with Crippen LogP contribution in [0.5, 0.6) is 0 Å². The molecule has 0 bridgehead atoms. The highest BCUT2D eigenvalue weighted by molar-refractivity contribution is 14.1. The van der Waals surface area contributed by atoms with Crippen LogP contribution in [0.4, 0.5) is 0 Å². The van der Waals surface area contributed by atoms with Crippen molar-refractivity contribution in [2.75, 3.05) is 0 Å².